The summed E-state index contributed by atoms with van der Waals surface area (Å²) in [4.78, 5) is 26.0. The third-order valence-corrected chi connectivity index (χ3v) is 5.17. The molecule has 6 nitrogen and oxygen atoms in total. The van der Waals surface area contributed by atoms with Crippen molar-refractivity contribution >= 4 is 39.2 Å². The van der Waals surface area contributed by atoms with Crippen molar-refractivity contribution in [2.45, 2.75) is 46.1 Å². The molecule has 7 heteroatoms. The number of nitrogens with one attached hydrogen (secondary N) is 3. The summed E-state index contributed by atoms with van der Waals surface area (Å²) in [6.07, 6.45) is 0. The first-order chi connectivity index (χ1) is 12.6. The first-order valence-corrected chi connectivity index (χ1v) is 9.67. The number of carbonyl (C=O) groups excluding carboxylic acids is 2. The van der Waals surface area contributed by atoms with Gasteiger partial charge in [0.25, 0.3) is 11.8 Å². The fourth-order valence-corrected chi connectivity index (χ4v) is 3.56. The maximum absolute atomic E-state index is 12.6. The maximum Gasteiger partial charge on any atom is 0.261 e. The zero-order valence-corrected chi connectivity index (χ0v) is 17.0. The lowest BCUT2D eigenvalue weighted by atomic mass is 9.87. The molecule has 3 rings (SSSR count). The number of benzene rings is 1. The molecule has 0 saturated carbocycles. The monoisotopic (exact) mass is 384 g/mol. The molecule has 0 aliphatic heterocycles. The normalized spacial score (nSPS) is 11.8. The standard InChI is InChI=1S/C20H24N4O2S/c1-11(2)21-18(26)15-10-14-16(23-24-19(14)27-15)22-17(25)12-6-8-13(9-7-12)20(3,4)5/h6-11H,1-5H3,(H,21,26)(H2,22,23,24,25). The highest BCUT2D eigenvalue weighted by atomic mass is 32.1. The Morgan fingerprint density at radius 3 is 2.37 bits per heavy atom. The second-order valence-electron chi connectivity index (χ2n) is 7.84. The molecule has 0 saturated heterocycles. The number of nitrogens with zero attached hydrogens (tertiary/aromatic N) is 1. The van der Waals surface area contributed by atoms with E-state index in [9.17, 15) is 9.59 Å². The molecule has 0 spiro atoms. The summed E-state index contributed by atoms with van der Waals surface area (Å²) in [5.41, 5.74) is 1.77. The van der Waals surface area contributed by atoms with E-state index < -0.39 is 0 Å². The minimum atomic E-state index is -0.222. The number of aromatic amines is 1. The van der Waals surface area contributed by atoms with E-state index in [1.54, 1.807) is 6.07 Å². The van der Waals surface area contributed by atoms with E-state index >= 15 is 0 Å². The van der Waals surface area contributed by atoms with Crippen LogP contribution in [0.1, 0.15) is 60.2 Å². The zero-order chi connectivity index (χ0) is 19.8. The summed E-state index contributed by atoms with van der Waals surface area (Å²) in [6.45, 7) is 10.2. The van der Waals surface area contributed by atoms with Crippen molar-refractivity contribution in [3.05, 3.63) is 46.3 Å². The molecule has 0 aliphatic carbocycles. The van der Waals surface area contributed by atoms with Crippen molar-refractivity contribution in [3.63, 3.8) is 0 Å². The second kappa shape index (κ2) is 7.15. The number of rotatable bonds is 4. The van der Waals surface area contributed by atoms with Crippen LogP contribution in [0.3, 0.4) is 0 Å². The van der Waals surface area contributed by atoms with Gasteiger partial charge in [0.2, 0.25) is 0 Å². The molecule has 2 amide bonds. The van der Waals surface area contributed by atoms with Crippen LogP contribution in [-0.2, 0) is 5.41 Å². The van der Waals surface area contributed by atoms with Crippen LogP contribution >= 0.6 is 11.3 Å². The average molecular weight is 385 g/mol. The molecular formula is C20H24N4O2S. The molecule has 2 heterocycles. The number of H-pyrrole nitrogens is 1. The Hall–Kier alpha value is -2.67. The minimum absolute atomic E-state index is 0.0359. The Bertz CT molecular complexity index is 978. The number of aromatic nitrogens is 2. The summed E-state index contributed by atoms with van der Waals surface area (Å²) in [7, 11) is 0. The number of hydrogen-bond acceptors (Lipinski definition) is 4. The van der Waals surface area contributed by atoms with Crippen molar-refractivity contribution in [2.75, 3.05) is 5.32 Å². The number of hydrogen-bond donors (Lipinski definition) is 3. The molecule has 3 aromatic rings. The Balaban J connectivity index is 1.79. The second-order valence-corrected chi connectivity index (χ2v) is 8.87. The fourth-order valence-electron chi connectivity index (χ4n) is 2.66. The van der Waals surface area contributed by atoms with E-state index in [4.69, 9.17) is 0 Å². The van der Waals surface area contributed by atoms with Gasteiger partial charge in [-0.3, -0.25) is 14.7 Å². The van der Waals surface area contributed by atoms with Gasteiger partial charge in [-0.15, -0.1) is 11.3 Å². The van der Waals surface area contributed by atoms with E-state index in [-0.39, 0.29) is 23.3 Å². The van der Waals surface area contributed by atoms with Gasteiger partial charge >= 0.3 is 0 Å². The van der Waals surface area contributed by atoms with E-state index in [0.717, 1.165) is 5.39 Å². The van der Waals surface area contributed by atoms with Gasteiger partial charge in [0.1, 0.15) is 10.6 Å². The summed E-state index contributed by atoms with van der Waals surface area (Å²) in [5, 5.41) is 13.5. The Kier molecular flexibility index (Phi) is 5.06. The SMILES string of the molecule is CC(C)NC(=O)c1cc2c(NC(=O)c3ccc(C(C)(C)C)cc3)[nH]nc2s1. The van der Waals surface area contributed by atoms with Gasteiger partial charge in [-0.05, 0) is 43.0 Å². The van der Waals surface area contributed by atoms with E-state index in [0.29, 0.717) is 21.1 Å². The van der Waals surface area contributed by atoms with Crippen molar-refractivity contribution in [1.29, 1.82) is 0 Å². The van der Waals surface area contributed by atoms with Crippen LogP contribution in [0.15, 0.2) is 30.3 Å². The van der Waals surface area contributed by atoms with E-state index in [1.807, 2.05) is 38.1 Å². The van der Waals surface area contributed by atoms with Gasteiger partial charge in [-0.1, -0.05) is 32.9 Å². The lowest BCUT2D eigenvalue weighted by Gasteiger charge is -2.19. The van der Waals surface area contributed by atoms with Crippen LogP contribution < -0.4 is 10.6 Å². The lowest BCUT2D eigenvalue weighted by Crippen LogP contribution is -2.29. The highest BCUT2D eigenvalue weighted by Gasteiger charge is 2.18. The lowest BCUT2D eigenvalue weighted by molar-refractivity contribution is 0.0946. The Morgan fingerprint density at radius 2 is 1.78 bits per heavy atom. The van der Waals surface area contributed by atoms with Crippen molar-refractivity contribution < 1.29 is 9.59 Å². The highest BCUT2D eigenvalue weighted by molar-refractivity contribution is 7.20. The molecule has 0 atom stereocenters. The van der Waals surface area contributed by atoms with Crippen LogP contribution in [0.5, 0.6) is 0 Å². The molecule has 3 N–H and O–H groups in total. The van der Waals surface area contributed by atoms with Crippen molar-refractivity contribution in [1.82, 2.24) is 15.5 Å². The molecule has 142 valence electrons. The van der Waals surface area contributed by atoms with E-state index in [2.05, 4.69) is 41.6 Å². The molecule has 0 bridgehead atoms. The third kappa shape index (κ3) is 4.19. The fraction of sp³-hybridized carbons (Fsp3) is 0.350. The largest absolute Gasteiger partial charge is 0.349 e. The summed E-state index contributed by atoms with van der Waals surface area (Å²) >= 11 is 1.29. The van der Waals surface area contributed by atoms with Crippen LogP contribution in [-0.4, -0.2) is 28.1 Å². The van der Waals surface area contributed by atoms with Crippen LogP contribution in [0.25, 0.3) is 10.2 Å². The van der Waals surface area contributed by atoms with Crippen molar-refractivity contribution in [3.8, 4) is 0 Å². The molecule has 2 aromatic heterocycles. The predicted molar refractivity (Wildman–Crippen MR) is 110 cm³/mol. The molecular weight excluding hydrogens is 360 g/mol. The van der Waals surface area contributed by atoms with Crippen LogP contribution in [0.4, 0.5) is 5.82 Å². The molecule has 0 unspecified atom stereocenters. The quantitative estimate of drug-likeness (QED) is 0.626. The topological polar surface area (TPSA) is 86.9 Å². The Morgan fingerprint density at radius 1 is 1.11 bits per heavy atom. The van der Waals surface area contributed by atoms with Gasteiger partial charge in [-0.25, -0.2) is 0 Å². The van der Waals surface area contributed by atoms with Gasteiger partial charge in [0.05, 0.1) is 10.3 Å². The molecule has 1 aromatic carbocycles. The third-order valence-electron chi connectivity index (χ3n) is 4.15. The average Bonchev–Trinajstić information content (AvgIpc) is 3.15. The number of anilines is 1. The molecule has 0 aliphatic rings. The zero-order valence-electron chi connectivity index (χ0n) is 16.1. The number of thiophene rings is 1. The van der Waals surface area contributed by atoms with E-state index in [1.165, 1.54) is 16.9 Å². The smallest absolute Gasteiger partial charge is 0.261 e. The van der Waals surface area contributed by atoms with Gasteiger partial charge in [0, 0.05) is 11.6 Å². The molecule has 0 radical (unpaired) electrons. The summed E-state index contributed by atoms with van der Waals surface area (Å²) in [5.74, 6) is 0.137. The first kappa shape index (κ1) is 19.1. The number of fused-ring (bicyclic) bond motifs is 1. The maximum atomic E-state index is 12.6. The van der Waals surface area contributed by atoms with Gasteiger partial charge in [0.15, 0.2) is 0 Å². The first-order valence-electron chi connectivity index (χ1n) is 8.86. The van der Waals surface area contributed by atoms with Crippen LogP contribution in [0.2, 0.25) is 0 Å². The highest BCUT2D eigenvalue weighted by Crippen LogP contribution is 2.29. The summed E-state index contributed by atoms with van der Waals surface area (Å²) in [6, 6.07) is 9.38. The molecule has 0 fully saturated rings. The number of carbonyl (C=O) groups is 2. The van der Waals surface area contributed by atoms with Crippen molar-refractivity contribution in [2.24, 2.45) is 0 Å². The number of amides is 2. The molecule has 27 heavy (non-hydrogen) atoms. The Labute approximate surface area is 162 Å². The predicted octanol–water partition coefficient (Wildman–Crippen LogP) is 4.31. The van der Waals surface area contributed by atoms with Gasteiger partial charge in [-0.2, -0.15) is 5.10 Å². The van der Waals surface area contributed by atoms with Gasteiger partial charge < -0.3 is 10.6 Å². The minimum Gasteiger partial charge on any atom is -0.349 e. The summed E-state index contributed by atoms with van der Waals surface area (Å²) < 4.78 is 0. The van der Waals surface area contributed by atoms with Crippen LogP contribution in [0, 0.1) is 0 Å².